The summed E-state index contributed by atoms with van der Waals surface area (Å²) in [5, 5.41) is 0.662. The molecule has 0 saturated carbocycles. The lowest BCUT2D eigenvalue weighted by Gasteiger charge is -2.27. The van der Waals surface area contributed by atoms with Gasteiger partial charge in [0, 0.05) is 23.2 Å². The van der Waals surface area contributed by atoms with Crippen molar-refractivity contribution in [3.05, 3.63) is 34.9 Å². The molecular formula is C15H22ClNO. The minimum absolute atomic E-state index is 0.154. The topological polar surface area (TPSA) is 20.3 Å². The number of hydrogen-bond acceptors (Lipinski definition) is 2. The van der Waals surface area contributed by atoms with Crippen LogP contribution in [-0.2, 0) is 0 Å². The summed E-state index contributed by atoms with van der Waals surface area (Å²) in [4.78, 5) is 14.4. The smallest absolute Gasteiger partial charge is 0.176 e. The standard InChI is InChI=1S/C15H22ClNO/c1-11(2)9-17(12(3)4)10-15(18)13-5-7-14(16)8-6-13/h5-8,11-12H,9-10H2,1-4H3. The Morgan fingerprint density at radius 2 is 1.72 bits per heavy atom. The molecule has 1 aromatic carbocycles. The molecule has 0 radical (unpaired) electrons. The molecule has 0 N–H and O–H groups in total. The summed E-state index contributed by atoms with van der Waals surface area (Å²) < 4.78 is 0. The summed E-state index contributed by atoms with van der Waals surface area (Å²) in [6.07, 6.45) is 0. The highest BCUT2D eigenvalue weighted by Crippen LogP contribution is 2.12. The Bertz CT molecular complexity index is 384. The number of ketones is 1. The van der Waals surface area contributed by atoms with Gasteiger partial charge in [-0.25, -0.2) is 0 Å². The van der Waals surface area contributed by atoms with Crippen molar-refractivity contribution in [1.29, 1.82) is 0 Å². The molecule has 0 spiro atoms. The van der Waals surface area contributed by atoms with Crippen LogP contribution in [0.5, 0.6) is 0 Å². The van der Waals surface area contributed by atoms with Crippen LogP contribution < -0.4 is 0 Å². The van der Waals surface area contributed by atoms with Crippen molar-refractivity contribution >= 4 is 17.4 Å². The van der Waals surface area contributed by atoms with Gasteiger partial charge in [-0.1, -0.05) is 25.4 Å². The SMILES string of the molecule is CC(C)CN(CC(=O)c1ccc(Cl)cc1)C(C)C. The van der Waals surface area contributed by atoms with Crippen molar-refractivity contribution in [3.8, 4) is 0 Å². The van der Waals surface area contributed by atoms with Gasteiger partial charge in [-0.2, -0.15) is 0 Å². The summed E-state index contributed by atoms with van der Waals surface area (Å²) in [6, 6.07) is 7.48. The largest absolute Gasteiger partial charge is 0.293 e. The van der Waals surface area contributed by atoms with E-state index < -0.39 is 0 Å². The van der Waals surface area contributed by atoms with Crippen molar-refractivity contribution in [2.24, 2.45) is 5.92 Å². The van der Waals surface area contributed by atoms with E-state index in [4.69, 9.17) is 11.6 Å². The van der Waals surface area contributed by atoms with Crippen molar-refractivity contribution in [2.45, 2.75) is 33.7 Å². The van der Waals surface area contributed by atoms with Crippen molar-refractivity contribution in [2.75, 3.05) is 13.1 Å². The molecule has 0 aliphatic heterocycles. The van der Waals surface area contributed by atoms with Crippen LogP contribution in [0.3, 0.4) is 0 Å². The molecule has 18 heavy (non-hydrogen) atoms. The Kier molecular flexibility index (Phi) is 5.83. The molecule has 0 amide bonds. The molecule has 0 aliphatic carbocycles. The van der Waals surface area contributed by atoms with Crippen LogP contribution >= 0.6 is 11.6 Å². The maximum Gasteiger partial charge on any atom is 0.176 e. The Labute approximate surface area is 115 Å². The fourth-order valence-corrected chi connectivity index (χ4v) is 1.96. The average Bonchev–Trinajstić information content (AvgIpc) is 2.28. The Balaban J connectivity index is 2.69. The molecule has 0 atom stereocenters. The van der Waals surface area contributed by atoms with Crippen molar-refractivity contribution in [1.82, 2.24) is 4.90 Å². The lowest BCUT2D eigenvalue weighted by molar-refractivity contribution is 0.0893. The number of Topliss-reactive ketones (excluding diaryl/α,β-unsaturated/α-hetero) is 1. The zero-order valence-electron chi connectivity index (χ0n) is 11.6. The molecule has 100 valence electrons. The van der Waals surface area contributed by atoms with Crippen LogP contribution in [0.25, 0.3) is 0 Å². The Morgan fingerprint density at radius 3 is 2.17 bits per heavy atom. The number of carbonyl (C=O) groups excluding carboxylic acids is 1. The van der Waals surface area contributed by atoms with Crippen LogP contribution in [0.15, 0.2) is 24.3 Å². The van der Waals surface area contributed by atoms with Gasteiger partial charge in [0.2, 0.25) is 0 Å². The van der Waals surface area contributed by atoms with E-state index in [0.717, 1.165) is 12.1 Å². The number of nitrogens with zero attached hydrogens (tertiary/aromatic N) is 1. The lowest BCUT2D eigenvalue weighted by atomic mass is 10.1. The molecule has 2 nitrogen and oxygen atoms in total. The third-order valence-corrected chi connectivity index (χ3v) is 3.09. The van der Waals surface area contributed by atoms with Crippen LogP contribution in [0.2, 0.25) is 5.02 Å². The summed E-state index contributed by atoms with van der Waals surface area (Å²) in [5.41, 5.74) is 0.730. The fourth-order valence-electron chi connectivity index (χ4n) is 1.84. The van der Waals surface area contributed by atoms with Crippen LogP contribution in [0.1, 0.15) is 38.1 Å². The first-order chi connectivity index (χ1) is 8.40. The minimum Gasteiger partial charge on any atom is -0.293 e. The van der Waals surface area contributed by atoms with Gasteiger partial charge in [-0.3, -0.25) is 9.69 Å². The highest BCUT2D eigenvalue weighted by atomic mass is 35.5. The van der Waals surface area contributed by atoms with E-state index in [1.54, 1.807) is 24.3 Å². The molecule has 0 aromatic heterocycles. The molecule has 0 fully saturated rings. The van der Waals surface area contributed by atoms with Crippen LogP contribution in [-0.4, -0.2) is 29.8 Å². The van der Waals surface area contributed by atoms with Gasteiger partial charge in [0.15, 0.2) is 5.78 Å². The molecule has 3 heteroatoms. The zero-order chi connectivity index (χ0) is 13.7. The van der Waals surface area contributed by atoms with Crippen LogP contribution in [0.4, 0.5) is 0 Å². The molecule has 0 unspecified atom stereocenters. The predicted octanol–water partition coefficient (Wildman–Crippen LogP) is 3.89. The second kappa shape index (κ2) is 6.91. The minimum atomic E-state index is 0.154. The van der Waals surface area contributed by atoms with E-state index >= 15 is 0 Å². The quantitative estimate of drug-likeness (QED) is 0.729. The van der Waals surface area contributed by atoms with Crippen molar-refractivity contribution < 1.29 is 4.79 Å². The van der Waals surface area contributed by atoms with Gasteiger partial charge in [0.05, 0.1) is 6.54 Å². The normalized spacial score (nSPS) is 11.6. The second-order valence-corrected chi connectivity index (χ2v) is 5.78. The summed E-state index contributed by atoms with van der Waals surface area (Å²) >= 11 is 5.82. The van der Waals surface area contributed by atoms with E-state index in [2.05, 4.69) is 32.6 Å². The summed E-state index contributed by atoms with van der Waals surface area (Å²) in [7, 11) is 0. The molecule has 1 rings (SSSR count). The number of halogens is 1. The van der Waals surface area contributed by atoms with E-state index in [0.29, 0.717) is 23.5 Å². The Hall–Kier alpha value is -0.860. The van der Waals surface area contributed by atoms with Gasteiger partial charge in [-0.05, 0) is 44.0 Å². The number of rotatable bonds is 6. The van der Waals surface area contributed by atoms with Gasteiger partial charge < -0.3 is 0 Å². The van der Waals surface area contributed by atoms with Gasteiger partial charge in [-0.15, -0.1) is 0 Å². The maximum atomic E-state index is 12.2. The monoisotopic (exact) mass is 267 g/mol. The van der Waals surface area contributed by atoms with Gasteiger partial charge in [0.1, 0.15) is 0 Å². The third-order valence-electron chi connectivity index (χ3n) is 2.84. The Morgan fingerprint density at radius 1 is 1.17 bits per heavy atom. The highest BCUT2D eigenvalue weighted by molar-refractivity contribution is 6.30. The third kappa shape index (κ3) is 4.79. The molecular weight excluding hydrogens is 246 g/mol. The first kappa shape index (κ1) is 15.2. The summed E-state index contributed by atoms with van der Waals surface area (Å²) in [6.45, 7) is 9.99. The highest BCUT2D eigenvalue weighted by Gasteiger charge is 2.16. The lowest BCUT2D eigenvalue weighted by Crippen LogP contribution is -2.38. The van der Waals surface area contributed by atoms with Gasteiger partial charge in [0.25, 0.3) is 0 Å². The number of hydrogen-bond donors (Lipinski definition) is 0. The van der Waals surface area contributed by atoms with E-state index in [1.807, 2.05) is 0 Å². The van der Waals surface area contributed by atoms with E-state index in [1.165, 1.54) is 0 Å². The van der Waals surface area contributed by atoms with E-state index in [-0.39, 0.29) is 5.78 Å². The zero-order valence-corrected chi connectivity index (χ0v) is 12.4. The first-order valence-corrected chi connectivity index (χ1v) is 6.80. The van der Waals surface area contributed by atoms with Crippen molar-refractivity contribution in [3.63, 3.8) is 0 Å². The predicted molar refractivity (Wildman–Crippen MR) is 77.3 cm³/mol. The van der Waals surface area contributed by atoms with Gasteiger partial charge >= 0.3 is 0 Å². The average molecular weight is 268 g/mol. The number of benzene rings is 1. The second-order valence-electron chi connectivity index (χ2n) is 5.35. The molecule has 0 heterocycles. The molecule has 1 aromatic rings. The molecule has 0 saturated heterocycles. The maximum absolute atomic E-state index is 12.2. The fraction of sp³-hybridized carbons (Fsp3) is 0.533. The molecule has 0 aliphatic rings. The number of carbonyl (C=O) groups is 1. The van der Waals surface area contributed by atoms with E-state index in [9.17, 15) is 4.79 Å². The molecule has 0 bridgehead atoms. The van der Waals surface area contributed by atoms with Crippen LogP contribution in [0, 0.1) is 5.92 Å². The first-order valence-electron chi connectivity index (χ1n) is 6.43. The summed E-state index contributed by atoms with van der Waals surface area (Å²) in [5.74, 6) is 0.714.